The molecule has 0 spiro atoms. The number of hydrogen-bond donors (Lipinski definition) is 1. The molecule has 0 aliphatic heterocycles. The molecule has 0 bridgehead atoms. The zero-order valence-electron chi connectivity index (χ0n) is 10.4. The number of nitrogens with one attached hydrogen (secondary N) is 1. The third kappa shape index (κ3) is 4.56. The third-order valence-electron chi connectivity index (χ3n) is 2.14. The Labute approximate surface area is 125 Å². The molecule has 19 heavy (non-hydrogen) atoms. The number of aromatic nitrogens is 2. The highest BCUT2D eigenvalue weighted by Gasteiger charge is 2.04. The fourth-order valence-electron chi connectivity index (χ4n) is 1.33. The van der Waals surface area contributed by atoms with Crippen LogP contribution in [0.25, 0.3) is 0 Å². The van der Waals surface area contributed by atoms with Crippen LogP contribution in [-0.2, 0) is 0 Å². The molecule has 2 rings (SSSR count). The van der Waals surface area contributed by atoms with Crippen LogP contribution >= 0.6 is 34.7 Å². The summed E-state index contributed by atoms with van der Waals surface area (Å²) in [4.78, 5) is 0. The molecule has 7 heteroatoms. The van der Waals surface area contributed by atoms with Gasteiger partial charge in [0.05, 0.1) is 11.6 Å². The maximum atomic E-state index is 6.00. The number of nitrogens with zero attached hydrogens (tertiary/aromatic N) is 2. The second-order valence-electron chi connectivity index (χ2n) is 3.53. The standard InChI is InChI=1S/C12H14ClN3OS2/c1-2-14-11-15-16-12(19-11)18-8-7-17-10-6-4-3-5-9(10)13/h3-6H,2,7-8H2,1H3,(H,14,15). The first-order valence-electron chi connectivity index (χ1n) is 5.87. The first kappa shape index (κ1) is 14.4. The fourth-order valence-corrected chi connectivity index (χ4v) is 3.23. The van der Waals surface area contributed by atoms with Crippen molar-refractivity contribution in [2.45, 2.75) is 11.3 Å². The van der Waals surface area contributed by atoms with Crippen LogP contribution in [0.5, 0.6) is 5.75 Å². The second kappa shape index (κ2) is 7.57. The van der Waals surface area contributed by atoms with E-state index in [1.165, 1.54) is 0 Å². The monoisotopic (exact) mass is 315 g/mol. The van der Waals surface area contributed by atoms with E-state index in [0.717, 1.165) is 27.5 Å². The van der Waals surface area contributed by atoms with Crippen LogP contribution in [0.15, 0.2) is 28.6 Å². The van der Waals surface area contributed by atoms with Crippen LogP contribution in [0.4, 0.5) is 5.13 Å². The normalized spacial score (nSPS) is 10.4. The van der Waals surface area contributed by atoms with Crippen LogP contribution < -0.4 is 10.1 Å². The molecule has 0 aliphatic rings. The largest absolute Gasteiger partial charge is 0.491 e. The lowest BCUT2D eigenvalue weighted by molar-refractivity contribution is 0.344. The van der Waals surface area contributed by atoms with E-state index >= 15 is 0 Å². The summed E-state index contributed by atoms with van der Waals surface area (Å²) < 4.78 is 6.54. The SMILES string of the molecule is CCNc1nnc(SCCOc2ccccc2Cl)s1. The highest BCUT2D eigenvalue weighted by atomic mass is 35.5. The van der Waals surface area contributed by atoms with E-state index in [-0.39, 0.29) is 0 Å². The summed E-state index contributed by atoms with van der Waals surface area (Å²) in [5.41, 5.74) is 0. The highest BCUT2D eigenvalue weighted by Crippen LogP contribution is 2.26. The topological polar surface area (TPSA) is 47.0 Å². The number of ether oxygens (including phenoxy) is 1. The minimum atomic E-state index is 0.588. The third-order valence-corrected chi connectivity index (χ3v) is 4.43. The van der Waals surface area contributed by atoms with Gasteiger partial charge in [-0.2, -0.15) is 0 Å². The maximum Gasteiger partial charge on any atom is 0.206 e. The number of thioether (sulfide) groups is 1. The van der Waals surface area contributed by atoms with Crippen molar-refractivity contribution < 1.29 is 4.74 Å². The molecular weight excluding hydrogens is 302 g/mol. The molecule has 1 aromatic carbocycles. The zero-order chi connectivity index (χ0) is 13.5. The average molecular weight is 316 g/mol. The lowest BCUT2D eigenvalue weighted by Gasteiger charge is -2.06. The number of para-hydroxylation sites is 1. The van der Waals surface area contributed by atoms with E-state index in [2.05, 4.69) is 15.5 Å². The summed E-state index contributed by atoms with van der Waals surface area (Å²) in [7, 11) is 0. The molecule has 0 amide bonds. The lowest BCUT2D eigenvalue weighted by atomic mass is 10.3. The Kier molecular flexibility index (Phi) is 5.75. The van der Waals surface area contributed by atoms with Crippen LogP contribution in [0, 0.1) is 0 Å². The summed E-state index contributed by atoms with van der Waals surface area (Å²) in [6, 6.07) is 7.47. The number of anilines is 1. The fraction of sp³-hybridized carbons (Fsp3) is 0.333. The van der Waals surface area contributed by atoms with Gasteiger partial charge >= 0.3 is 0 Å². The van der Waals surface area contributed by atoms with Crippen LogP contribution in [-0.4, -0.2) is 29.1 Å². The molecule has 1 heterocycles. The molecule has 0 atom stereocenters. The molecule has 0 saturated carbocycles. The summed E-state index contributed by atoms with van der Waals surface area (Å²) in [6.45, 7) is 3.48. The molecular formula is C12H14ClN3OS2. The Morgan fingerprint density at radius 1 is 1.37 bits per heavy atom. The Morgan fingerprint density at radius 2 is 2.21 bits per heavy atom. The molecule has 0 unspecified atom stereocenters. The van der Waals surface area contributed by atoms with Crippen molar-refractivity contribution >= 4 is 39.8 Å². The van der Waals surface area contributed by atoms with Crippen molar-refractivity contribution in [3.63, 3.8) is 0 Å². The van der Waals surface area contributed by atoms with Gasteiger partial charge in [-0.3, -0.25) is 0 Å². The van der Waals surface area contributed by atoms with Crippen molar-refractivity contribution in [1.29, 1.82) is 0 Å². The predicted molar refractivity (Wildman–Crippen MR) is 81.7 cm³/mol. The number of rotatable bonds is 7. The Hall–Kier alpha value is -0.980. The van der Waals surface area contributed by atoms with Gasteiger partial charge in [-0.25, -0.2) is 0 Å². The van der Waals surface area contributed by atoms with Gasteiger partial charge in [0.1, 0.15) is 5.75 Å². The molecule has 1 N–H and O–H groups in total. The Balaban J connectivity index is 1.73. The van der Waals surface area contributed by atoms with E-state index in [1.807, 2.05) is 31.2 Å². The highest BCUT2D eigenvalue weighted by molar-refractivity contribution is 8.01. The van der Waals surface area contributed by atoms with Gasteiger partial charge in [0.15, 0.2) is 4.34 Å². The van der Waals surface area contributed by atoms with Crippen molar-refractivity contribution in [3.05, 3.63) is 29.3 Å². The minimum Gasteiger partial charge on any atom is -0.491 e. The number of benzene rings is 1. The molecule has 0 saturated heterocycles. The average Bonchev–Trinajstić information content (AvgIpc) is 2.85. The van der Waals surface area contributed by atoms with Gasteiger partial charge in [-0.1, -0.05) is 46.8 Å². The summed E-state index contributed by atoms with van der Waals surface area (Å²) in [5.74, 6) is 1.53. The second-order valence-corrected chi connectivity index (χ2v) is 6.26. The van der Waals surface area contributed by atoms with Gasteiger partial charge in [-0.15, -0.1) is 10.2 Å². The summed E-state index contributed by atoms with van der Waals surface area (Å²) in [5, 5.41) is 12.7. The lowest BCUT2D eigenvalue weighted by Crippen LogP contribution is -2.00. The minimum absolute atomic E-state index is 0.588. The summed E-state index contributed by atoms with van der Waals surface area (Å²) >= 11 is 9.18. The van der Waals surface area contributed by atoms with E-state index in [9.17, 15) is 0 Å². The van der Waals surface area contributed by atoms with Gasteiger partial charge in [0.25, 0.3) is 0 Å². The first-order chi connectivity index (χ1) is 9.29. The maximum absolute atomic E-state index is 6.00. The van der Waals surface area contributed by atoms with Gasteiger partial charge in [-0.05, 0) is 19.1 Å². The summed E-state index contributed by atoms with van der Waals surface area (Å²) in [6.07, 6.45) is 0. The molecule has 0 radical (unpaired) electrons. The number of hydrogen-bond acceptors (Lipinski definition) is 6. The predicted octanol–water partition coefficient (Wildman–Crippen LogP) is 3.79. The van der Waals surface area contributed by atoms with E-state index in [1.54, 1.807) is 23.1 Å². The Morgan fingerprint density at radius 3 is 3.00 bits per heavy atom. The van der Waals surface area contributed by atoms with E-state index in [0.29, 0.717) is 11.6 Å². The quantitative estimate of drug-likeness (QED) is 0.622. The molecule has 102 valence electrons. The molecule has 1 aromatic heterocycles. The first-order valence-corrected chi connectivity index (χ1v) is 8.05. The molecule has 4 nitrogen and oxygen atoms in total. The van der Waals surface area contributed by atoms with Crippen molar-refractivity contribution in [2.75, 3.05) is 24.2 Å². The van der Waals surface area contributed by atoms with Crippen molar-refractivity contribution in [3.8, 4) is 5.75 Å². The van der Waals surface area contributed by atoms with Gasteiger partial charge in [0.2, 0.25) is 5.13 Å². The molecule has 2 aromatic rings. The van der Waals surface area contributed by atoms with Crippen LogP contribution in [0.1, 0.15) is 6.92 Å². The van der Waals surface area contributed by atoms with Crippen molar-refractivity contribution in [2.24, 2.45) is 0 Å². The molecule has 0 fully saturated rings. The smallest absolute Gasteiger partial charge is 0.206 e. The van der Waals surface area contributed by atoms with Crippen molar-refractivity contribution in [1.82, 2.24) is 10.2 Å². The van der Waals surface area contributed by atoms with E-state index < -0.39 is 0 Å². The van der Waals surface area contributed by atoms with Crippen LogP contribution in [0.3, 0.4) is 0 Å². The Bertz CT molecular complexity index is 521. The zero-order valence-corrected chi connectivity index (χ0v) is 12.8. The van der Waals surface area contributed by atoms with Gasteiger partial charge in [0, 0.05) is 12.3 Å². The molecule has 0 aliphatic carbocycles. The van der Waals surface area contributed by atoms with Crippen LogP contribution in [0.2, 0.25) is 5.02 Å². The number of halogens is 1. The van der Waals surface area contributed by atoms with E-state index in [4.69, 9.17) is 16.3 Å². The van der Waals surface area contributed by atoms with Gasteiger partial charge < -0.3 is 10.1 Å².